The van der Waals surface area contributed by atoms with Gasteiger partial charge >= 0.3 is 0 Å². The van der Waals surface area contributed by atoms with E-state index in [1.807, 2.05) is 0 Å². The average Bonchev–Trinajstić information content (AvgIpc) is 2.85. The molecule has 16 heteroatoms. The predicted molar refractivity (Wildman–Crippen MR) is 116 cm³/mol. The van der Waals surface area contributed by atoms with Crippen LogP contribution in [0.15, 0.2) is 0 Å². The number of rotatable bonds is 8. The first-order chi connectivity index (χ1) is 17.4. The van der Waals surface area contributed by atoms with E-state index in [-0.39, 0.29) is 0 Å². The molecule has 3 heterocycles. The van der Waals surface area contributed by atoms with Crippen molar-refractivity contribution in [2.24, 2.45) is 0 Å². The first kappa shape index (κ1) is 30.5. The van der Waals surface area contributed by atoms with E-state index in [2.05, 4.69) is 5.32 Å². The van der Waals surface area contributed by atoms with Gasteiger partial charge in [0.15, 0.2) is 18.9 Å². The number of hydrogen-bond donors (Lipinski definition) is 9. The zero-order chi connectivity index (χ0) is 27.6. The molecule has 0 aromatic rings. The number of ether oxygens (including phenoxy) is 6. The number of methoxy groups -OCH3 is 1. The van der Waals surface area contributed by atoms with E-state index in [1.165, 1.54) is 14.0 Å². The van der Waals surface area contributed by atoms with Crippen LogP contribution in [0.25, 0.3) is 0 Å². The molecule has 1 amide bonds. The third-order valence-corrected chi connectivity index (χ3v) is 6.68. The maximum absolute atomic E-state index is 11.7. The Morgan fingerprint density at radius 1 is 0.811 bits per heavy atom. The Morgan fingerprint density at radius 3 is 2.05 bits per heavy atom. The summed E-state index contributed by atoms with van der Waals surface area (Å²) < 4.78 is 33.1. The molecule has 0 aromatic carbocycles. The van der Waals surface area contributed by atoms with E-state index in [9.17, 15) is 45.6 Å². The topological polar surface area (TPSA) is 246 Å². The lowest BCUT2D eigenvalue weighted by atomic mass is 9.96. The Bertz CT molecular complexity index is 747. The number of aliphatic hydroxyl groups is 8. The normalized spacial score (nSPS) is 49.0. The summed E-state index contributed by atoms with van der Waals surface area (Å²) in [4.78, 5) is 11.7. The van der Waals surface area contributed by atoms with Crippen LogP contribution in [0.3, 0.4) is 0 Å². The van der Waals surface area contributed by atoms with E-state index in [4.69, 9.17) is 28.4 Å². The summed E-state index contributed by atoms with van der Waals surface area (Å²) in [6.45, 7) is 1.50. The van der Waals surface area contributed by atoms with Crippen molar-refractivity contribution in [1.29, 1.82) is 0 Å². The van der Waals surface area contributed by atoms with Crippen LogP contribution in [0.2, 0.25) is 0 Å². The minimum atomic E-state index is -1.74. The summed E-state index contributed by atoms with van der Waals surface area (Å²) >= 11 is 0. The molecule has 0 aromatic heterocycles. The molecule has 0 unspecified atom stereocenters. The van der Waals surface area contributed by atoms with Gasteiger partial charge < -0.3 is 74.6 Å². The maximum Gasteiger partial charge on any atom is 0.217 e. The van der Waals surface area contributed by atoms with Crippen molar-refractivity contribution in [1.82, 2.24) is 5.32 Å². The van der Waals surface area contributed by atoms with E-state index >= 15 is 0 Å². The third-order valence-electron chi connectivity index (χ3n) is 6.68. The Kier molecular flexibility index (Phi) is 10.6. The lowest BCUT2D eigenvalue weighted by Crippen LogP contribution is -2.67. The number of carbonyl (C=O) groups excluding carboxylic acids is 1. The highest BCUT2D eigenvalue weighted by Crippen LogP contribution is 2.31. The van der Waals surface area contributed by atoms with E-state index in [1.54, 1.807) is 0 Å². The van der Waals surface area contributed by atoms with Gasteiger partial charge in [-0.25, -0.2) is 0 Å². The zero-order valence-corrected chi connectivity index (χ0v) is 20.5. The van der Waals surface area contributed by atoms with Gasteiger partial charge in [0.2, 0.25) is 5.91 Å². The molecule has 0 bridgehead atoms. The molecule has 0 aliphatic carbocycles. The van der Waals surface area contributed by atoms with E-state index in [0.717, 1.165) is 6.92 Å². The number of aliphatic hydroxyl groups excluding tert-OH is 8. The second kappa shape index (κ2) is 12.8. The van der Waals surface area contributed by atoms with Crippen LogP contribution < -0.4 is 5.32 Å². The highest BCUT2D eigenvalue weighted by Gasteiger charge is 2.51. The molecule has 3 saturated heterocycles. The first-order valence-electron chi connectivity index (χ1n) is 11.8. The number of carbonyl (C=O) groups is 1. The van der Waals surface area contributed by atoms with Gasteiger partial charge in [0.05, 0.1) is 19.3 Å². The van der Waals surface area contributed by atoms with E-state index < -0.39 is 111 Å². The molecule has 0 radical (unpaired) electrons. The van der Waals surface area contributed by atoms with Crippen molar-refractivity contribution in [2.75, 3.05) is 20.3 Å². The van der Waals surface area contributed by atoms with Crippen molar-refractivity contribution >= 4 is 5.91 Å². The van der Waals surface area contributed by atoms with Crippen LogP contribution in [0.5, 0.6) is 0 Å². The molecule has 16 nitrogen and oxygen atoms in total. The van der Waals surface area contributed by atoms with Crippen molar-refractivity contribution in [3.8, 4) is 0 Å². The van der Waals surface area contributed by atoms with Gasteiger partial charge in [0.25, 0.3) is 0 Å². The molecule has 0 saturated carbocycles. The lowest BCUT2D eigenvalue weighted by molar-refractivity contribution is -0.359. The first-order valence-corrected chi connectivity index (χ1v) is 11.8. The van der Waals surface area contributed by atoms with Crippen LogP contribution in [0, 0.1) is 0 Å². The van der Waals surface area contributed by atoms with E-state index in [0.29, 0.717) is 0 Å². The Labute approximate surface area is 212 Å². The summed E-state index contributed by atoms with van der Waals surface area (Å²) in [7, 11) is 1.25. The second-order valence-electron chi connectivity index (χ2n) is 9.30. The van der Waals surface area contributed by atoms with Gasteiger partial charge in [-0.05, 0) is 6.92 Å². The van der Waals surface area contributed by atoms with Gasteiger partial charge in [-0.1, -0.05) is 0 Å². The summed E-state index contributed by atoms with van der Waals surface area (Å²) in [5, 5.41) is 83.6. The highest BCUT2D eigenvalue weighted by atomic mass is 16.8. The zero-order valence-electron chi connectivity index (χ0n) is 20.5. The summed E-state index contributed by atoms with van der Waals surface area (Å²) in [6.07, 6.45) is -20.1. The quantitative estimate of drug-likeness (QED) is 0.138. The SMILES string of the molecule is CO[C@H]1[C@H](O)[C@@H](O)[C@H](O)O[C@@H]1CO[C@H]1O[C@H](C)[C@@H](O)[C@H](O)[C@@H]1O[C@@H]1O[C@H](CO)[C@@H](O)[C@H](O)[C@H]1NC(C)=O. The second-order valence-corrected chi connectivity index (χ2v) is 9.30. The molecule has 3 fully saturated rings. The molecule has 37 heavy (non-hydrogen) atoms. The Morgan fingerprint density at radius 2 is 1.46 bits per heavy atom. The van der Waals surface area contributed by atoms with Crippen LogP contribution >= 0.6 is 0 Å². The molecule has 3 aliphatic heterocycles. The van der Waals surface area contributed by atoms with Gasteiger partial charge in [-0.2, -0.15) is 0 Å². The summed E-state index contributed by atoms with van der Waals surface area (Å²) in [5.41, 5.74) is 0. The fourth-order valence-corrected chi connectivity index (χ4v) is 4.56. The van der Waals surface area contributed by atoms with Gasteiger partial charge in [0, 0.05) is 14.0 Å². The Hall–Kier alpha value is -1.09. The minimum Gasteiger partial charge on any atom is -0.394 e. The highest BCUT2D eigenvalue weighted by molar-refractivity contribution is 5.73. The fourth-order valence-electron chi connectivity index (χ4n) is 4.56. The molecular formula is C21H37NO15. The van der Waals surface area contributed by atoms with Gasteiger partial charge in [0.1, 0.15) is 67.1 Å². The molecule has 3 rings (SSSR count). The van der Waals surface area contributed by atoms with Crippen LogP contribution in [-0.2, 0) is 33.2 Å². The monoisotopic (exact) mass is 543 g/mol. The van der Waals surface area contributed by atoms with Crippen molar-refractivity contribution in [2.45, 2.75) is 106 Å². The average molecular weight is 544 g/mol. The van der Waals surface area contributed by atoms with Gasteiger partial charge in [-0.3, -0.25) is 4.79 Å². The molecule has 3 aliphatic rings. The number of nitrogens with one attached hydrogen (secondary N) is 1. The largest absolute Gasteiger partial charge is 0.394 e. The fraction of sp³-hybridized carbons (Fsp3) is 0.952. The smallest absolute Gasteiger partial charge is 0.217 e. The molecule has 9 N–H and O–H groups in total. The van der Waals surface area contributed by atoms with Gasteiger partial charge in [-0.15, -0.1) is 0 Å². The Balaban J connectivity index is 1.79. The summed E-state index contributed by atoms with van der Waals surface area (Å²) in [5.74, 6) is -0.600. The van der Waals surface area contributed by atoms with Crippen LogP contribution in [0.4, 0.5) is 0 Å². The maximum atomic E-state index is 11.7. The predicted octanol–water partition coefficient (Wildman–Crippen LogP) is -5.75. The summed E-state index contributed by atoms with van der Waals surface area (Å²) in [6, 6.07) is -1.34. The molecule has 0 spiro atoms. The van der Waals surface area contributed by atoms with Crippen molar-refractivity contribution in [3.05, 3.63) is 0 Å². The van der Waals surface area contributed by atoms with Crippen molar-refractivity contribution < 1.29 is 74.1 Å². The minimum absolute atomic E-state index is 0.402. The van der Waals surface area contributed by atoms with Crippen molar-refractivity contribution in [3.63, 3.8) is 0 Å². The number of hydrogen-bond acceptors (Lipinski definition) is 15. The van der Waals surface area contributed by atoms with Crippen LogP contribution in [0.1, 0.15) is 13.8 Å². The van der Waals surface area contributed by atoms with Crippen LogP contribution in [-0.4, -0.2) is 159 Å². The number of amides is 1. The standard InChI is InChI=1S/C21H37NO15/c1-6-11(25)14(28)18(37-20-10(22-7(2)24)13(27)12(26)8(4-23)36-20)21(34-6)33-5-9-17(32-3)15(29)16(30)19(31)35-9/h6,8-21,23,25-31H,4-5H2,1-3H3,(H,22,24)/t6-,8-,9-,10-,11-,12-,13-,14+,15-,16-,17-,18+,19-,20+,21+/m1/s1. The molecular weight excluding hydrogens is 506 g/mol. The molecule has 216 valence electrons. The third kappa shape index (κ3) is 6.56. The molecule has 15 atom stereocenters. The lowest BCUT2D eigenvalue weighted by Gasteiger charge is -2.47.